The molecule has 1 heterocycles. The molecule has 3 rings (SSSR count). The standard InChI is InChI=1S/C16H19N3O/c1-2-20-14-7-3-12(4-8-14)15-9-10-17-16(19-15)11-18-13-5-6-13/h3-4,7-10,13,18H,2,5-6,11H2,1H3. The molecule has 0 radical (unpaired) electrons. The van der Waals surface area contributed by atoms with Crippen LogP contribution in [-0.4, -0.2) is 22.6 Å². The summed E-state index contributed by atoms with van der Waals surface area (Å²) in [6.45, 7) is 3.41. The van der Waals surface area contributed by atoms with Crippen molar-refractivity contribution in [2.45, 2.75) is 32.4 Å². The maximum Gasteiger partial charge on any atom is 0.142 e. The van der Waals surface area contributed by atoms with Crippen molar-refractivity contribution in [2.75, 3.05) is 6.61 Å². The van der Waals surface area contributed by atoms with Crippen molar-refractivity contribution in [3.05, 3.63) is 42.4 Å². The van der Waals surface area contributed by atoms with Gasteiger partial charge in [0.2, 0.25) is 0 Å². The molecule has 0 unspecified atom stereocenters. The van der Waals surface area contributed by atoms with E-state index < -0.39 is 0 Å². The van der Waals surface area contributed by atoms with Crippen LogP contribution in [0.1, 0.15) is 25.6 Å². The minimum atomic E-state index is 0.674. The van der Waals surface area contributed by atoms with Gasteiger partial charge in [0, 0.05) is 17.8 Å². The zero-order valence-electron chi connectivity index (χ0n) is 11.7. The Morgan fingerprint density at radius 2 is 2.00 bits per heavy atom. The third-order valence-corrected chi connectivity index (χ3v) is 3.29. The largest absolute Gasteiger partial charge is 0.494 e. The van der Waals surface area contributed by atoms with E-state index in [0.29, 0.717) is 12.6 Å². The zero-order valence-corrected chi connectivity index (χ0v) is 11.7. The van der Waals surface area contributed by atoms with E-state index in [0.717, 1.165) is 29.4 Å². The molecular formula is C16H19N3O. The van der Waals surface area contributed by atoms with Crippen LogP contribution in [0.4, 0.5) is 0 Å². The van der Waals surface area contributed by atoms with Crippen LogP contribution in [-0.2, 0) is 6.54 Å². The van der Waals surface area contributed by atoms with Crippen LogP contribution in [0, 0.1) is 0 Å². The van der Waals surface area contributed by atoms with Crippen LogP contribution >= 0.6 is 0 Å². The van der Waals surface area contributed by atoms with Crippen LogP contribution in [0.2, 0.25) is 0 Å². The van der Waals surface area contributed by atoms with Gasteiger partial charge in [-0.3, -0.25) is 0 Å². The van der Waals surface area contributed by atoms with Crippen LogP contribution in [0.15, 0.2) is 36.5 Å². The number of benzene rings is 1. The van der Waals surface area contributed by atoms with Gasteiger partial charge in [-0.1, -0.05) is 0 Å². The Kier molecular flexibility index (Phi) is 3.92. The van der Waals surface area contributed by atoms with Gasteiger partial charge in [-0.15, -0.1) is 0 Å². The molecule has 0 amide bonds. The summed E-state index contributed by atoms with van der Waals surface area (Å²) < 4.78 is 5.45. The average Bonchev–Trinajstić information content (AvgIpc) is 3.31. The van der Waals surface area contributed by atoms with E-state index >= 15 is 0 Å². The molecule has 1 aromatic heterocycles. The second-order valence-corrected chi connectivity index (χ2v) is 4.97. The summed E-state index contributed by atoms with van der Waals surface area (Å²) in [7, 11) is 0. The third-order valence-electron chi connectivity index (χ3n) is 3.29. The highest BCUT2D eigenvalue weighted by atomic mass is 16.5. The Hall–Kier alpha value is -1.94. The first-order chi connectivity index (χ1) is 9.85. The number of rotatable bonds is 6. The summed E-state index contributed by atoms with van der Waals surface area (Å²) in [5.41, 5.74) is 2.04. The molecule has 0 spiro atoms. The van der Waals surface area contributed by atoms with E-state index in [-0.39, 0.29) is 0 Å². The Bertz CT molecular complexity index is 564. The van der Waals surface area contributed by atoms with E-state index in [2.05, 4.69) is 15.3 Å². The first kappa shape index (κ1) is 13.1. The predicted molar refractivity (Wildman–Crippen MR) is 78.5 cm³/mol. The summed E-state index contributed by atoms with van der Waals surface area (Å²) >= 11 is 0. The van der Waals surface area contributed by atoms with Gasteiger partial charge in [-0.2, -0.15) is 0 Å². The third kappa shape index (κ3) is 3.33. The van der Waals surface area contributed by atoms with Gasteiger partial charge in [0.25, 0.3) is 0 Å². The van der Waals surface area contributed by atoms with Gasteiger partial charge < -0.3 is 10.1 Å². The number of hydrogen-bond acceptors (Lipinski definition) is 4. The maximum atomic E-state index is 5.45. The molecule has 2 aromatic rings. The molecular weight excluding hydrogens is 250 g/mol. The van der Waals surface area contributed by atoms with E-state index in [1.807, 2.05) is 43.5 Å². The summed E-state index contributed by atoms with van der Waals surface area (Å²) in [5.74, 6) is 1.74. The maximum absolute atomic E-state index is 5.45. The van der Waals surface area contributed by atoms with Crippen LogP contribution in [0.3, 0.4) is 0 Å². The molecule has 104 valence electrons. The molecule has 4 heteroatoms. The van der Waals surface area contributed by atoms with E-state index in [1.54, 1.807) is 0 Å². The van der Waals surface area contributed by atoms with E-state index in [9.17, 15) is 0 Å². The van der Waals surface area contributed by atoms with Gasteiger partial charge >= 0.3 is 0 Å². The molecule has 0 atom stereocenters. The number of ether oxygens (including phenoxy) is 1. The van der Waals surface area contributed by atoms with E-state index in [1.165, 1.54) is 12.8 Å². The molecule has 0 bridgehead atoms. The fourth-order valence-electron chi connectivity index (χ4n) is 2.06. The first-order valence-corrected chi connectivity index (χ1v) is 7.13. The van der Waals surface area contributed by atoms with Crippen molar-refractivity contribution >= 4 is 0 Å². The summed E-state index contributed by atoms with van der Waals surface area (Å²) in [5, 5.41) is 3.43. The Balaban J connectivity index is 1.72. The fraction of sp³-hybridized carbons (Fsp3) is 0.375. The topological polar surface area (TPSA) is 47.0 Å². The van der Waals surface area contributed by atoms with E-state index in [4.69, 9.17) is 4.74 Å². The lowest BCUT2D eigenvalue weighted by molar-refractivity contribution is 0.340. The highest BCUT2D eigenvalue weighted by Crippen LogP contribution is 2.21. The molecule has 1 aromatic carbocycles. The van der Waals surface area contributed by atoms with Gasteiger partial charge in [-0.25, -0.2) is 9.97 Å². The molecule has 1 saturated carbocycles. The SMILES string of the molecule is CCOc1ccc(-c2ccnc(CNC3CC3)n2)cc1. The number of nitrogens with one attached hydrogen (secondary N) is 1. The Morgan fingerprint density at radius 3 is 2.70 bits per heavy atom. The summed E-state index contributed by atoms with van der Waals surface area (Å²) in [6, 6.07) is 10.6. The quantitative estimate of drug-likeness (QED) is 0.876. The Morgan fingerprint density at radius 1 is 1.20 bits per heavy atom. The predicted octanol–water partition coefficient (Wildman–Crippen LogP) is 2.79. The molecule has 1 N–H and O–H groups in total. The molecule has 20 heavy (non-hydrogen) atoms. The van der Waals surface area contributed by atoms with Gasteiger partial charge in [-0.05, 0) is 50.1 Å². The molecule has 0 aliphatic heterocycles. The zero-order chi connectivity index (χ0) is 13.8. The minimum absolute atomic E-state index is 0.674. The molecule has 0 saturated heterocycles. The second-order valence-electron chi connectivity index (χ2n) is 4.97. The second kappa shape index (κ2) is 6.01. The normalized spacial score (nSPS) is 14.2. The molecule has 1 fully saturated rings. The van der Waals surface area contributed by atoms with Gasteiger partial charge in [0.1, 0.15) is 11.6 Å². The van der Waals surface area contributed by atoms with Crippen molar-refractivity contribution < 1.29 is 4.74 Å². The van der Waals surface area contributed by atoms with Gasteiger partial charge in [0.15, 0.2) is 0 Å². The molecule has 1 aliphatic carbocycles. The highest BCUT2D eigenvalue weighted by Gasteiger charge is 2.20. The minimum Gasteiger partial charge on any atom is -0.494 e. The molecule has 4 nitrogen and oxygen atoms in total. The van der Waals surface area contributed by atoms with Crippen molar-refractivity contribution in [3.8, 4) is 17.0 Å². The number of nitrogens with zero attached hydrogens (tertiary/aromatic N) is 2. The highest BCUT2D eigenvalue weighted by molar-refractivity contribution is 5.59. The number of aromatic nitrogens is 2. The van der Waals surface area contributed by atoms with Crippen molar-refractivity contribution in [1.82, 2.24) is 15.3 Å². The lowest BCUT2D eigenvalue weighted by Gasteiger charge is -2.06. The number of hydrogen-bond donors (Lipinski definition) is 1. The fourth-order valence-corrected chi connectivity index (χ4v) is 2.06. The van der Waals surface area contributed by atoms with Crippen LogP contribution in [0.25, 0.3) is 11.3 Å². The average molecular weight is 269 g/mol. The lowest BCUT2D eigenvalue weighted by Crippen LogP contribution is -2.17. The summed E-state index contributed by atoms with van der Waals surface area (Å²) in [4.78, 5) is 8.92. The smallest absolute Gasteiger partial charge is 0.142 e. The van der Waals surface area contributed by atoms with Crippen molar-refractivity contribution in [2.24, 2.45) is 0 Å². The molecule has 1 aliphatic rings. The first-order valence-electron chi connectivity index (χ1n) is 7.13. The lowest BCUT2D eigenvalue weighted by atomic mass is 10.1. The van der Waals surface area contributed by atoms with Crippen LogP contribution < -0.4 is 10.1 Å². The van der Waals surface area contributed by atoms with Crippen LogP contribution in [0.5, 0.6) is 5.75 Å². The summed E-state index contributed by atoms with van der Waals surface area (Å²) in [6.07, 6.45) is 4.37. The van der Waals surface area contributed by atoms with Crippen molar-refractivity contribution in [1.29, 1.82) is 0 Å². The van der Waals surface area contributed by atoms with Gasteiger partial charge in [0.05, 0.1) is 18.8 Å². The monoisotopic (exact) mass is 269 g/mol. The Labute approximate surface area is 119 Å². The van der Waals surface area contributed by atoms with Crippen molar-refractivity contribution in [3.63, 3.8) is 0 Å².